The van der Waals surface area contributed by atoms with Crippen molar-refractivity contribution in [2.45, 2.75) is 155 Å². The van der Waals surface area contributed by atoms with Gasteiger partial charge in [0.15, 0.2) is 0 Å². The molecule has 0 rings (SSSR count). The van der Waals surface area contributed by atoms with Crippen LogP contribution >= 0.6 is 0 Å². The Labute approximate surface area is 248 Å². The van der Waals surface area contributed by atoms with E-state index in [9.17, 15) is 9.90 Å². The highest BCUT2D eigenvalue weighted by Gasteiger charge is 2.13. The zero-order valence-electron chi connectivity index (χ0n) is 26.3. The van der Waals surface area contributed by atoms with Crippen LogP contribution in [0.5, 0.6) is 0 Å². The molecule has 0 saturated carbocycles. The average Bonchev–Trinajstić information content (AvgIpc) is 2.96. The van der Waals surface area contributed by atoms with Crippen LogP contribution in [0.3, 0.4) is 0 Å². The number of carbonyl (C=O) groups is 1. The number of carbonyl (C=O) groups excluding carboxylic acids is 1. The lowest BCUT2D eigenvalue weighted by molar-refractivity contribution is -0.154. The molecular weight excluding hydrogens is 496 g/mol. The van der Waals surface area contributed by atoms with Crippen molar-refractivity contribution in [2.75, 3.05) is 19.8 Å². The lowest BCUT2D eigenvalue weighted by Crippen LogP contribution is -2.27. The number of unbranched alkanes of at least 4 members (excludes halogenated alkanes) is 14. The zero-order valence-corrected chi connectivity index (χ0v) is 26.3. The second-order valence-electron chi connectivity index (χ2n) is 10.9. The third-order valence-electron chi connectivity index (χ3n) is 6.92. The van der Waals surface area contributed by atoms with Gasteiger partial charge in [0.1, 0.15) is 6.10 Å². The molecule has 232 valence electrons. The van der Waals surface area contributed by atoms with E-state index in [0.29, 0.717) is 19.6 Å². The third-order valence-corrected chi connectivity index (χ3v) is 6.92. The van der Waals surface area contributed by atoms with E-state index in [1.54, 1.807) is 0 Å². The van der Waals surface area contributed by atoms with Crippen molar-refractivity contribution in [3.8, 4) is 0 Å². The molecular formula is C36H64O4. The van der Waals surface area contributed by atoms with Crippen LogP contribution in [0.25, 0.3) is 0 Å². The minimum atomic E-state index is -0.527. The van der Waals surface area contributed by atoms with E-state index in [2.05, 4.69) is 55.5 Å². The van der Waals surface area contributed by atoms with Crippen LogP contribution in [0.4, 0.5) is 0 Å². The first kappa shape index (κ1) is 38.4. The predicted octanol–water partition coefficient (Wildman–Crippen LogP) is 10.4. The van der Waals surface area contributed by atoms with Gasteiger partial charge < -0.3 is 14.6 Å². The fourth-order valence-electron chi connectivity index (χ4n) is 4.41. The van der Waals surface area contributed by atoms with Gasteiger partial charge in [-0.1, -0.05) is 140 Å². The van der Waals surface area contributed by atoms with Crippen molar-refractivity contribution >= 4 is 5.97 Å². The normalized spacial score (nSPS) is 13.0. The van der Waals surface area contributed by atoms with Crippen LogP contribution in [0.1, 0.15) is 149 Å². The Hall–Kier alpha value is -1.65. The minimum absolute atomic E-state index is 0.176. The molecule has 0 fully saturated rings. The molecule has 0 heterocycles. The molecule has 0 aliphatic carbocycles. The largest absolute Gasteiger partial charge is 0.457 e. The van der Waals surface area contributed by atoms with Crippen LogP contribution in [0.15, 0.2) is 48.6 Å². The van der Waals surface area contributed by atoms with Crippen molar-refractivity contribution in [1.82, 2.24) is 0 Å². The van der Waals surface area contributed by atoms with E-state index in [0.717, 1.165) is 44.9 Å². The molecule has 0 aliphatic heterocycles. The van der Waals surface area contributed by atoms with Crippen LogP contribution in [-0.2, 0) is 14.3 Å². The highest BCUT2D eigenvalue weighted by atomic mass is 16.6. The van der Waals surface area contributed by atoms with Crippen LogP contribution in [-0.4, -0.2) is 37.0 Å². The van der Waals surface area contributed by atoms with Crippen molar-refractivity contribution in [3.63, 3.8) is 0 Å². The number of rotatable bonds is 30. The highest BCUT2D eigenvalue weighted by molar-refractivity contribution is 5.69. The number of hydrogen-bond donors (Lipinski definition) is 1. The first-order valence-corrected chi connectivity index (χ1v) is 16.7. The smallest absolute Gasteiger partial charge is 0.306 e. The maximum atomic E-state index is 11.6. The van der Waals surface area contributed by atoms with Crippen LogP contribution in [0.2, 0.25) is 0 Å². The van der Waals surface area contributed by atoms with Crippen molar-refractivity contribution in [3.05, 3.63) is 48.6 Å². The SMILES string of the molecule is CC/C=C\C/C=C\C/C=C\C/C=C\CCCCCCCCCCCCCCCOCC(CO)OC(=O)CCCC. The Morgan fingerprint density at radius 2 is 1.10 bits per heavy atom. The van der Waals surface area contributed by atoms with E-state index in [-0.39, 0.29) is 12.6 Å². The monoisotopic (exact) mass is 560 g/mol. The second-order valence-corrected chi connectivity index (χ2v) is 10.9. The molecule has 0 aromatic rings. The number of aliphatic hydroxyl groups excluding tert-OH is 1. The summed E-state index contributed by atoms with van der Waals surface area (Å²) in [5.74, 6) is -0.238. The number of aliphatic hydroxyl groups is 1. The molecule has 0 bridgehead atoms. The Morgan fingerprint density at radius 3 is 1.60 bits per heavy atom. The summed E-state index contributed by atoms with van der Waals surface area (Å²) in [6.45, 7) is 5.00. The second kappa shape index (κ2) is 33.6. The molecule has 0 saturated heterocycles. The van der Waals surface area contributed by atoms with Gasteiger partial charge in [-0.2, -0.15) is 0 Å². The summed E-state index contributed by atoms with van der Waals surface area (Å²) in [6, 6.07) is 0. The van der Waals surface area contributed by atoms with Crippen LogP contribution in [0, 0.1) is 0 Å². The lowest BCUT2D eigenvalue weighted by atomic mass is 10.0. The molecule has 40 heavy (non-hydrogen) atoms. The van der Waals surface area contributed by atoms with E-state index in [4.69, 9.17) is 9.47 Å². The fraction of sp³-hybridized carbons (Fsp3) is 0.750. The average molecular weight is 561 g/mol. The summed E-state index contributed by atoms with van der Waals surface area (Å²) in [4.78, 5) is 11.6. The molecule has 0 radical (unpaired) electrons. The highest BCUT2D eigenvalue weighted by Crippen LogP contribution is 2.13. The van der Waals surface area contributed by atoms with Crippen molar-refractivity contribution in [1.29, 1.82) is 0 Å². The quantitative estimate of drug-likeness (QED) is 0.0539. The van der Waals surface area contributed by atoms with Gasteiger partial charge >= 0.3 is 5.97 Å². The topological polar surface area (TPSA) is 55.8 Å². The van der Waals surface area contributed by atoms with Gasteiger partial charge in [0.25, 0.3) is 0 Å². The van der Waals surface area contributed by atoms with Gasteiger partial charge in [-0.25, -0.2) is 0 Å². The summed E-state index contributed by atoms with van der Waals surface area (Å²) in [5.41, 5.74) is 0. The van der Waals surface area contributed by atoms with Crippen molar-refractivity contribution in [2.24, 2.45) is 0 Å². The first-order valence-electron chi connectivity index (χ1n) is 16.7. The maximum Gasteiger partial charge on any atom is 0.306 e. The predicted molar refractivity (Wildman–Crippen MR) is 173 cm³/mol. The number of allylic oxidation sites excluding steroid dienone is 8. The molecule has 0 amide bonds. The number of ether oxygens (including phenoxy) is 2. The van der Waals surface area contributed by atoms with Gasteiger partial charge in [0, 0.05) is 13.0 Å². The Kier molecular flexibility index (Phi) is 32.2. The molecule has 0 spiro atoms. The molecule has 4 heteroatoms. The number of esters is 1. The Morgan fingerprint density at radius 1 is 0.625 bits per heavy atom. The summed E-state index contributed by atoms with van der Waals surface area (Å²) < 4.78 is 10.8. The standard InChI is InChI=1S/C36H64O4/c1-3-5-7-8-9-10-11-12-13-14-15-16-17-18-19-20-21-22-23-24-25-26-27-28-29-30-32-39-34-35(33-37)40-36(38)31-6-4-2/h5,7,9-10,12-13,15-16,35,37H,3-4,6,8,11,14,17-34H2,1-2H3/b7-5-,10-9-,13-12-,16-15-. The van der Waals surface area contributed by atoms with E-state index in [1.165, 1.54) is 83.5 Å². The fourth-order valence-corrected chi connectivity index (χ4v) is 4.41. The summed E-state index contributed by atoms with van der Waals surface area (Å²) in [5, 5.41) is 9.34. The summed E-state index contributed by atoms with van der Waals surface area (Å²) in [6.07, 6.45) is 42.4. The Balaban J connectivity index is 3.32. The molecule has 1 unspecified atom stereocenters. The van der Waals surface area contributed by atoms with Gasteiger partial charge in [-0.05, 0) is 51.4 Å². The maximum absolute atomic E-state index is 11.6. The molecule has 4 nitrogen and oxygen atoms in total. The van der Waals surface area contributed by atoms with Gasteiger partial charge in [0.2, 0.25) is 0 Å². The summed E-state index contributed by atoms with van der Waals surface area (Å²) >= 11 is 0. The van der Waals surface area contributed by atoms with Crippen molar-refractivity contribution < 1.29 is 19.4 Å². The number of hydrogen-bond acceptors (Lipinski definition) is 4. The van der Waals surface area contributed by atoms with Gasteiger partial charge in [-0.3, -0.25) is 4.79 Å². The molecule has 0 aromatic heterocycles. The minimum Gasteiger partial charge on any atom is -0.457 e. The van der Waals surface area contributed by atoms with Crippen LogP contribution < -0.4 is 0 Å². The van der Waals surface area contributed by atoms with Gasteiger partial charge in [-0.15, -0.1) is 0 Å². The third kappa shape index (κ3) is 30.9. The Bertz CT molecular complexity index is 635. The molecule has 0 aliphatic rings. The molecule has 0 aromatic carbocycles. The first-order chi connectivity index (χ1) is 19.7. The molecule has 1 atom stereocenters. The zero-order chi connectivity index (χ0) is 29.2. The summed E-state index contributed by atoms with van der Waals surface area (Å²) in [7, 11) is 0. The van der Waals surface area contributed by atoms with Gasteiger partial charge in [0.05, 0.1) is 13.2 Å². The van der Waals surface area contributed by atoms with E-state index in [1.807, 2.05) is 6.92 Å². The van der Waals surface area contributed by atoms with E-state index < -0.39 is 6.10 Å². The molecule has 1 N–H and O–H groups in total. The van der Waals surface area contributed by atoms with E-state index >= 15 is 0 Å². The lowest BCUT2D eigenvalue weighted by Gasteiger charge is -2.15.